The molecule has 0 saturated carbocycles. The molecule has 0 radical (unpaired) electrons. The zero-order valence-electron chi connectivity index (χ0n) is 12.2. The first-order valence-electron chi connectivity index (χ1n) is 7.12. The van der Waals surface area contributed by atoms with Gasteiger partial charge in [-0.1, -0.05) is 72.3 Å². The molecule has 0 aliphatic heterocycles. The highest BCUT2D eigenvalue weighted by molar-refractivity contribution is 6.52. The first-order valence-corrected chi connectivity index (χ1v) is 7.50. The van der Waals surface area contributed by atoms with Gasteiger partial charge in [-0.25, -0.2) is 9.67 Å². The van der Waals surface area contributed by atoms with Crippen LogP contribution in [0.15, 0.2) is 73.3 Å². The van der Waals surface area contributed by atoms with Crippen LogP contribution in [0.4, 0.5) is 0 Å². The number of nitrogens with zero attached hydrogens (tertiary/aromatic N) is 3. The minimum absolute atomic E-state index is 0.0161. The molecular weight excluding hydrogens is 294 g/mol. The Kier molecular flexibility index (Phi) is 4.35. The Morgan fingerprint density at radius 3 is 2.09 bits per heavy atom. The number of benzene rings is 2. The summed E-state index contributed by atoms with van der Waals surface area (Å²) in [7, 11) is 0. The highest BCUT2D eigenvalue weighted by atomic mass is 35.5. The summed E-state index contributed by atoms with van der Waals surface area (Å²) in [6, 6.07) is 20.1. The number of allylic oxidation sites excluding steroid dienone is 1. The molecule has 22 heavy (non-hydrogen) atoms. The third-order valence-electron chi connectivity index (χ3n) is 3.60. The highest BCUT2D eigenvalue weighted by Crippen LogP contribution is 2.36. The van der Waals surface area contributed by atoms with Gasteiger partial charge in [-0.2, -0.15) is 5.10 Å². The van der Waals surface area contributed by atoms with Crippen molar-refractivity contribution in [3.63, 3.8) is 0 Å². The van der Waals surface area contributed by atoms with Gasteiger partial charge in [-0.3, -0.25) is 0 Å². The summed E-state index contributed by atoms with van der Waals surface area (Å²) in [6.07, 6.45) is 3.25. The van der Waals surface area contributed by atoms with Crippen molar-refractivity contribution in [2.45, 2.75) is 13.0 Å². The van der Waals surface area contributed by atoms with Crippen molar-refractivity contribution in [2.75, 3.05) is 0 Å². The van der Waals surface area contributed by atoms with Gasteiger partial charge in [0.05, 0.1) is 11.1 Å². The van der Waals surface area contributed by atoms with E-state index in [0.29, 0.717) is 0 Å². The monoisotopic (exact) mass is 309 g/mol. The maximum absolute atomic E-state index is 6.74. The van der Waals surface area contributed by atoms with Crippen LogP contribution >= 0.6 is 11.6 Å². The summed E-state index contributed by atoms with van der Waals surface area (Å²) in [4.78, 5) is 4.04. The van der Waals surface area contributed by atoms with Gasteiger partial charge in [0.2, 0.25) is 0 Å². The SMILES string of the molecule is CC(/C(=C(\Cl)c1ccccc1)c1ccccc1)n1cncn1. The summed E-state index contributed by atoms with van der Waals surface area (Å²) in [5, 5.41) is 4.98. The molecule has 3 rings (SSSR count). The smallest absolute Gasteiger partial charge is 0.137 e. The fourth-order valence-electron chi connectivity index (χ4n) is 2.46. The molecule has 0 spiro atoms. The molecule has 1 unspecified atom stereocenters. The molecule has 0 saturated heterocycles. The van der Waals surface area contributed by atoms with Crippen LogP contribution in [0.3, 0.4) is 0 Å². The van der Waals surface area contributed by atoms with Crippen molar-refractivity contribution in [1.82, 2.24) is 14.8 Å². The highest BCUT2D eigenvalue weighted by Gasteiger charge is 2.18. The lowest BCUT2D eigenvalue weighted by atomic mass is 9.97. The molecule has 1 atom stereocenters. The Labute approximate surface area is 134 Å². The van der Waals surface area contributed by atoms with Crippen molar-refractivity contribution in [2.24, 2.45) is 0 Å². The third-order valence-corrected chi connectivity index (χ3v) is 4.02. The van der Waals surface area contributed by atoms with Crippen LogP contribution < -0.4 is 0 Å². The van der Waals surface area contributed by atoms with E-state index in [1.54, 1.807) is 6.33 Å². The molecule has 0 aliphatic rings. The van der Waals surface area contributed by atoms with Gasteiger partial charge in [0.1, 0.15) is 12.7 Å². The lowest BCUT2D eigenvalue weighted by Gasteiger charge is -2.19. The summed E-state index contributed by atoms with van der Waals surface area (Å²) < 4.78 is 1.81. The zero-order valence-corrected chi connectivity index (χ0v) is 13.0. The molecule has 2 aromatic carbocycles. The minimum atomic E-state index is -0.0161. The Hall–Kier alpha value is -2.39. The molecule has 0 aliphatic carbocycles. The predicted molar refractivity (Wildman–Crippen MR) is 90.3 cm³/mol. The van der Waals surface area contributed by atoms with E-state index in [9.17, 15) is 0 Å². The fourth-order valence-corrected chi connectivity index (χ4v) is 2.85. The van der Waals surface area contributed by atoms with Crippen molar-refractivity contribution >= 4 is 22.2 Å². The molecular formula is C18H16ClN3. The van der Waals surface area contributed by atoms with E-state index in [1.165, 1.54) is 6.33 Å². The summed E-state index contributed by atoms with van der Waals surface area (Å²) in [5.74, 6) is 0. The molecule has 0 N–H and O–H groups in total. The molecule has 110 valence electrons. The predicted octanol–water partition coefficient (Wildman–Crippen LogP) is 4.65. The van der Waals surface area contributed by atoms with E-state index in [2.05, 4.69) is 29.1 Å². The van der Waals surface area contributed by atoms with Crippen LogP contribution in [-0.2, 0) is 0 Å². The molecule has 1 aromatic heterocycles. The second kappa shape index (κ2) is 6.58. The Morgan fingerprint density at radius 2 is 1.55 bits per heavy atom. The average molecular weight is 310 g/mol. The molecule has 0 fully saturated rings. The Balaban J connectivity index is 2.15. The van der Waals surface area contributed by atoms with Crippen molar-refractivity contribution in [3.8, 4) is 0 Å². The van der Waals surface area contributed by atoms with Gasteiger partial charge < -0.3 is 0 Å². The number of hydrogen-bond acceptors (Lipinski definition) is 2. The van der Waals surface area contributed by atoms with Crippen molar-refractivity contribution in [3.05, 3.63) is 84.4 Å². The summed E-state index contributed by atoms with van der Waals surface area (Å²) in [6.45, 7) is 2.07. The van der Waals surface area contributed by atoms with Crippen LogP contribution in [0.25, 0.3) is 10.6 Å². The average Bonchev–Trinajstić information content (AvgIpc) is 3.11. The largest absolute Gasteiger partial charge is 0.246 e. The first kappa shape index (κ1) is 14.5. The minimum Gasteiger partial charge on any atom is -0.246 e. The van der Waals surface area contributed by atoms with E-state index in [0.717, 1.165) is 21.7 Å². The second-order valence-electron chi connectivity index (χ2n) is 5.01. The van der Waals surface area contributed by atoms with Gasteiger partial charge >= 0.3 is 0 Å². The number of halogens is 1. The van der Waals surface area contributed by atoms with Crippen LogP contribution in [-0.4, -0.2) is 14.8 Å². The topological polar surface area (TPSA) is 30.7 Å². The van der Waals surface area contributed by atoms with Crippen LogP contribution in [0.2, 0.25) is 0 Å². The van der Waals surface area contributed by atoms with Crippen molar-refractivity contribution < 1.29 is 0 Å². The lowest BCUT2D eigenvalue weighted by Crippen LogP contribution is -2.09. The van der Waals surface area contributed by atoms with E-state index < -0.39 is 0 Å². The Morgan fingerprint density at radius 1 is 0.955 bits per heavy atom. The van der Waals surface area contributed by atoms with E-state index >= 15 is 0 Å². The van der Waals surface area contributed by atoms with Crippen LogP contribution in [0.5, 0.6) is 0 Å². The third kappa shape index (κ3) is 2.95. The van der Waals surface area contributed by atoms with Crippen molar-refractivity contribution in [1.29, 1.82) is 0 Å². The second-order valence-corrected chi connectivity index (χ2v) is 5.39. The van der Waals surface area contributed by atoms with E-state index in [1.807, 2.05) is 53.2 Å². The number of hydrogen-bond donors (Lipinski definition) is 0. The molecule has 1 heterocycles. The zero-order chi connectivity index (χ0) is 15.4. The summed E-state index contributed by atoms with van der Waals surface area (Å²) in [5.41, 5.74) is 3.10. The van der Waals surface area contributed by atoms with Crippen LogP contribution in [0.1, 0.15) is 24.1 Å². The number of rotatable bonds is 4. The fraction of sp³-hybridized carbons (Fsp3) is 0.111. The quantitative estimate of drug-likeness (QED) is 0.657. The van der Waals surface area contributed by atoms with Gasteiger partial charge in [-0.05, 0) is 18.1 Å². The van der Waals surface area contributed by atoms with Gasteiger partial charge in [0.15, 0.2) is 0 Å². The van der Waals surface area contributed by atoms with Gasteiger partial charge in [0, 0.05) is 5.57 Å². The molecule has 3 nitrogen and oxygen atoms in total. The standard InChI is InChI=1S/C18H16ClN3/c1-14(22-13-20-12-21-22)17(15-8-4-2-5-9-15)18(19)16-10-6-3-7-11-16/h2-14H,1H3/b18-17+. The maximum Gasteiger partial charge on any atom is 0.137 e. The van der Waals surface area contributed by atoms with Gasteiger partial charge in [-0.15, -0.1) is 0 Å². The van der Waals surface area contributed by atoms with Gasteiger partial charge in [0.25, 0.3) is 0 Å². The molecule has 0 amide bonds. The molecule has 4 heteroatoms. The number of aromatic nitrogens is 3. The van der Waals surface area contributed by atoms with E-state index in [4.69, 9.17) is 11.6 Å². The molecule has 0 bridgehead atoms. The maximum atomic E-state index is 6.74. The Bertz CT molecular complexity index is 750. The lowest BCUT2D eigenvalue weighted by molar-refractivity contribution is 0.593. The first-order chi connectivity index (χ1) is 10.8. The van der Waals surface area contributed by atoms with E-state index in [-0.39, 0.29) is 6.04 Å². The normalized spacial score (nSPS) is 13.5. The molecule has 3 aromatic rings. The summed E-state index contributed by atoms with van der Waals surface area (Å²) >= 11 is 6.74. The van der Waals surface area contributed by atoms with Crippen LogP contribution in [0, 0.1) is 0 Å².